The number of hydrogen-bond donors (Lipinski definition) is 0. The summed E-state index contributed by atoms with van der Waals surface area (Å²) in [4.78, 5) is 0. The molecule has 14 heavy (non-hydrogen) atoms. The standard InChI is InChI=1S/C8H13F3OS2/c1-2-3-4-5-6-12-7(13)14-8(9,10)11/h2-6H2,1H3. The second-order valence-electron chi connectivity index (χ2n) is 2.71. The first-order valence-corrected chi connectivity index (χ1v) is 5.60. The highest BCUT2D eigenvalue weighted by atomic mass is 32.2. The largest absolute Gasteiger partial charge is 0.478 e. The summed E-state index contributed by atoms with van der Waals surface area (Å²) in [5.41, 5.74) is -4.33. The van der Waals surface area contributed by atoms with Gasteiger partial charge in [-0.15, -0.1) is 0 Å². The number of ether oxygens (including phenoxy) is 1. The minimum atomic E-state index is -4.33. The zero-order valence-electron chi connectivity index (χ0n) is 7.89. The van der Waals surface area contributed by atoms with E-state index in [1.54, 1.807) is 0 Å². The van der Waals surface area contributed by atoms with Crippen molar-refractivity contribution >= 4 is 28.4 Å². The monoisotopic (exact) mass is 246 g/mol. The molecule has 0 atom stereocenters. The Morgan fingerprint density at radius 1 is 1.29 bits per heavy atom. The second-order valence-corrected chi connectivity index (χ2v) is 4.37. The summed E-state index contributed by atoms with van der Waals surface area (Å²) in [7, 11) is 0. The van der Waals surface area contributed by atoms with Crippen LogP contribution in [0.5, 0.6) is 0 Å². The van der Waals surface area contributed by atoms with Crippen molar-refractivity contribution in [2.75, 3.05) is 6.61 Å². The molecule has 0 N–H and O–H groups in total. The van der Waals surface area contributed by atoms with Gasteiger partial charge in [0.15, 0.2) is 0 Å². The molecule has 0 radical (unpaired) electrons. The van der Waals surface area contributed by atoms with Crippen LogP contribution in [0.4, 0.5) is 13.2 Å². The molecule has 0 bridgehead atoms. The van der Waals surface area contributed by atoms with Gasteiger partial charge in [0.1, 0.15) is 0 Å². The van der Waals surface area contributed by atoms with Crippen LogP contribution in [-0.2, 0) is 4.74 Å². The highest BCUT2D eigenvalue weighted by Gasteiger charge is 2.31. The van der Waals surface area contributed by atoms with Crippen molar-refractivity contribution in [3.63, 3.8) is 0 Å². The Morgan fingerprint density at radius 3 is 2.43 bits per heavy atom. The predicted octanol–water partition coefficient (Wildman–Crippen LogP) is 4.12. The van der Waals surface area contributed by atoms with Crippen molar-refractivity contribution in [1.29, 1.82) is 0 Å². The van der Waals surface area contributed by atoms with Gasteiger partial charge in [0.2, 0.25) is 4.38 Å². The van der Waals surface area contributed by atoms with Crippen molar-refractivity contribution in [3.05, 3.63) is 0 Å². The van der Waals surface area contributed by atoms with Crippen molar-refractivity contribution in [2.24, 2.45) is 0 Å². The molecule has 0 spiro atoms. The van der Waals surface area contributed by atoms with E-state index in [0.29, 0.717) is 0 Å². The molecule has 0 amide bonds. The topological polar surface area (TPSA) is 9.23 Å². The number of hydrogen-bond acceptors (Lipinski definition) is 3. The van der Waals surface area contributed by atoms with Crippen LogP contribution in [0.3, 0.4) is 0 Å². The fourth-order valence-corrected chi connectivity index (χ4v) is 1.51. The Morgan fingerprint density at radius 2 is 1.93 bits per heavy atom. The summed E-state index contributed by atoms with van der Waals surface area (Å²) in [6, 6.07) is 0. The van der Waals surface area contributed by atoms with E-state index in [0.717, 1.165) is 25.7 Å². The molecule has 0 aliphatic carbocycles. The van der Waals surface area contributed by atoms with Gasteiger partial charge >= 0.3 is 5.51 Å². The van der Waals surface area contributed by atoms with E-state index >= 15 is 0 Å². The van der Waals surface area contributed by atoms with Crippen molar-refractivity contribution in [1.82, 2.24) is 0 Å². The van der Waals surface area contributed by atoms with Crippen LogP contribution >= 0.6 is 24.0 Å². The van der Waals surface area contributed by atoms with E-state index < -0.39 is 9.89 Å². The van der Waals surface area contributed by atoms with Crippen molar-refractivity contribution in [3.8, 4) is 0 Å². The number of thioether (sulfide) groups is 1. The van der Waals surface area contributed by atoms with Crippen LogP contribution in [0, 0.1) is 0 Å². The molecule has 0 aromatic carbocycles. The summed E-state index contributed by atoms with van der Waals surface area (Å²) in [6.07, 6.45) is 3.88. The minimum absolute atomic E-state index is 0.280. The van der Waals surface area contributed by atoms with Crippen LogP contribution in [0.1, 0.15) is 32.6 Å². The van der Waals surface area contributed by atoms with Gasteiger partial charge in [-0.2, -0.15) is 13.2 Å². The Labute approximate surface area is 91.4 Å². The van der Waals surface area contributed by atoms with E-state index in [1.807, 2.05) is 0 Å². The van der Waals surface area contributed by atoms with E-state index in [1.165, 1.54) is 0 Å². The SMILES string of the molecule is CCCCCCOC(=S)SC(F)(F)F. The Kier molecular flexibility index (Phi) is 7.35. The first-order valence-electron chi connectivity index (χ1n) is 4.38. The Balaban J connectivity index is 3.36. The van der Waals surface area contributed by atoms with Gasteiger partial charge in [0, 0.05) is 11.8 Å². The lowest BCUT2D eigenvalue weighted by atomic mass is 10.2. The summed E-state index contributed by atoms with van der Waals surface area (Å²) >= 11 is 4.03. The van der Waals surface area contributed by atoms with Crippen molar-refractivity contribution in [2.45, 2.75) is 38.1 Å². The van der Waals surface area contributed by atoms with Crippen LogP contribution in [0.2, 0.25) is 0 Å². The average molecular weight is 246 g/mol. The zero-order chi connectivity index (χ0) is 11.0. The normalized spacial score (nSPS) is 11.4. The molecule has 0 fully saturated rings. The molecule has 0 aliphatic rings. The number of thiocarbonyl (C=S) groups is 1. The molecule has 0 unspecified atom stereocenters. The molecule has 1 nitrogen and oxygen atoms in total. The van der Waals surface area contributed by atoms with E-state index in [9.17, 15) is 13.2 Å². The van der Waals surface area contributed by atoms with Crippen LogP contribution in [-0.4, -0.2) is 16.5 Å². The maximum Gasteiger partial charge on any atom is 0.450 e. The lowest BCUT2D eigenvalue weighted by Crippen LogP contribution is -2.08. The highest BCUT2D eigenvalue weighted by molar-refractivity contribution is 8.23. The smallest absolute Gasteiger partial charge is 0.450 e. The molecular formula is C8H13F3OS2. The number of halogens is 3. The fraction of sp³-hybridized carbons (Fsp3) is 0.875. The maximum atomic E-state index is 11.7. The number of rotatable bonds is 5. The summed E-state index contributed by atoms with van der Waals surface area (Å²) in [5.74, 6) is 0. The van der Waals surface area contributed by atoms with Gasteiger partial charge < -0.3 is 4.74 Å². The third-order valence-electron chi connectivity index (χ3n) is 1.42. The van der Waals surface area contributed by atoms with Gasteiger partial charge in [0.25, 0.3) is 0 Å². The Hall–Kier alpha value is 0.0300. The molecule has 6 heteroatoms. The molecule has 0 aromatic rings. The zero-order valence-corrected chi connectivity index (χ0v) is 9.53. The van der Waals surface area contributed by atoms with E-state index in [4.69, 9.17) is 4.74 Å². The molecule has 0 saturated carbocycles. The second kappa shape index (κ2) is 7.34. The summed E-state index contributed by atoms with van der Waals surface area (Å²) in [6.45, 7) is 2.34. The number of alkyl halides is 3. The third kappa shape index (κ3) is 10.1. The average Bonchev–Trinajstić information content (AvgIpc) is 2.00. The Bertz CT molecular complexity index is 170. The quantitative estimate of drug-likeness (QED) is 0.533. The van der Waals surface area contributed by atoms with Crippen LogP contribution in [0.15, 0.2) is 0 Å². The van der Waals surface area contributed by atoms with Gasteiger partial charge in [-0.1, -0.05) is 26.2 Å². The summed E-state index contributed by atoms with van der Waals surface area (Å²) in [5, 5.41) is 0. The maximum absolute atomic E-state index is 11.7. The molecule has 84 valence electrons. The van der Waals surface area contributed by atoms with Crippen LogP contribution in [0.25, 0.3) is 0 Å². The first-order chi connectivity index (χ1) is 6.45. The third-order valence-corrected chi connectivity index (χ3v) is 2.30. The predicted molar refractivity (Wildman–Crippen MR) is 56.3 cm³/mol. The molecule has 0 aliphatic heterocycles. The molecule has 0 rings (SSSR count). The van der Waals surface area contributed by atoms with Gasteiger partial charge in [0.05, 0.1) is 6.61 Å². The van der Waals surface area contributed by atoms with Gasteiger partial charge in [-0.05, 0) is 18.6 Å². The molecule has 0 heterocycles. The van der Waals surface area contributed by atoms with Crippen LogP contribution < -0.4 is 0 Å². The highest BCUT2D eigenvalue weighted by Crippen LogP contribution is 2.31. The minimum Gasteiger partial charge on any atom is -0.478 e. The lowest BCUT2D eigenvalue weighted by Gasteiger charge is -2.08. The van der Waals surface area contributed by atoms with Crippen molar-refractivity contribution < 1.29 is 17.9 Å². The number of unbranched alkanes of at least 4 members (excludes halogenated alkanes) is 3. The van der Waals surface area contributed by atoms with Gasteiger partial charge in [-0.3, -0.25) is 0 Å². The van der Waals surface area contributed by atoms with E-state index in [2.05, 4.69) is 19.1 Å². The first kappa shape index (κ1) is 14.0. The summed E-state index contributed by atoms with van der Waals surface area (Å²) < 4.78 is 39.5. The molecule has 0 saturated heterocycles. The van der Waals surface area contributed by atoms with Gasteiger partial charge in [-0.25, -0.2) is 0 Å². The molecular weight excluding hydrogens is 233 g/mol. The fourth-order valence-electron chi connectivity index (χ4n) is 0.808. The van der Waals surface area contributed by atoms with E-state index in [-0.39, 0.29) is 18.4 Å². The molecule has 0 aromatic heterocycles. The lowest BCUT2D eigenvalue weighted by molar-refractivity contribution is -0.0319.